The Morgan fingerprint density at radius 3 is 2.85 bits per heavy atom. The summed E-state index contributed by atoms with van der Waals surface area (Å²) < 4.78 is 5.26. The molecule has 0 amide bonds. The molecule has 0 saturated heterocycles. The molecule has 0 heterocycles. The molecule has 0 radical (unpaired) electrons. The molecule has 13 heavy (non-hydrogen) atoms. The topological polar surface area (TPSA) is 35.2 Å². The molecule has 1 rings (SSSR count). The van der Waals surface area contributed by atoms with Crippen LogP contribution in [0.1, 0.15) is 12.5 Å². The summed E-state index contributed by atoms with van der Waals surface area (Å²) in [6.07, 6.45) is 0.833. The molecule has 0 aliphatic heterocycles. The Balaban J connectivity index is 2.64. The van der Waals surface area contributed by atoms with Crippen molar-refractivity contribution in [1.29, 1.82) is 0 Å². The lowest BCUT2D eigenvalue weighted by atomic mass is 10.1. The average molecular weight is 197 g/mol. The molecule has 2 N–H and O–H groups in total. The number of benzene rings is 1. The normalized spacial score (nSPS) is 10.3. The van der Waals surface area contributed by atoms with Crippen LogP contribution in [0.4, 0.5) is 5.69 Å². The van der Waals surface area contributed by atoms with Crippen LogP contribution in [-0.4, -0.2) is 13.2 Å². The number of rotatable bonds is 4. The summed E-state index contributed by atoms with van der Waals surface area (Å²) in [5, 5.41) is 0. The fraction of sp³-hybridized carbons (Fsp3) is 0.400. The van der Waals surface area contributed by atoms with E-state index < -0.39 is 0 Å². The minimum atomic E-state index is 0.707. The van der Waals surface area contributed by atoms with Crippen LogP contribution in [0.3, 0.4) is 0 Å². The molecule has 0 aliphatic rings. The largest absolute Gasteiger partial charge is 0.398 e. The maximum atomic E-state index is 5.80. The summed E-state index contributed by atoms with van der Waals surface area (Å²) in [4.78, 5) is 0.944. The van der Waals surface area contributed by atoms with Gasteiger partial charge in [-0.05, 0) is 31.0 Å². The van der Waals surface area contributed by atoms with Gasteiger partial charge in [0, 0.05) is 17.2 Å². The van der Waals surface area contributed by atoms with E-state index in [1.54, 1.807) is 0 Å². The molecule has 3 heteroatoms. The molecule has 1 aromatic carbocycles. The Bertz CT molecular complexity index is 255. The number of ether oxygens (including phenoxy) is 1. The van der Waals surface area contributed by atoms with E-state index in [1.165, 1.54) is 0 Å². The van der Waals surface area contributed by atoms with Crippen molar-refractivity contribution in [3.8, 4) is 0 Å². The molecule has 1 aromatic rings. The second-order valence-electron chi connectivity index (χ2n) is 2.79. The molecule has 0 bridgehead atoms. The molecule has 2 nitrogen and oxygen atoms in total. The zero-order chi connectivity index (χ0) is 9.68. The molecular formula is C10H15NOS. The van der Waals surface area contributed by atoms with Gasteiger partial charge in [-0.25, -0.2) is 0 Å². The number of nitrogens with two attached hydrogens (primary N) is 1. The maximum absolute atomic E-state index is 5.80. The first-order chi connectivity index (χ1) is 6.25. The number of nitrogen functional groups attached to an aromatic ring is 1. The van der Waals surface area contributed by atoms with E-state index in [9.17, 15) is 0 Å². The Labute approximate surface area is 84.5 Å². The lowest BCUT2D eigenvalue weighted by Crippen LogP contribution is -2.02. The molecule has 72 valence electrons. The second-order valence-corrected chi connectivity index (χ2v) is 3.27. The lowest BCUT2D eigenvalue weighted by molar-refractivity contribution is 0.150. The van der Waals surface area contributed by atoms with Gasteiger partial charge in [0.15, 0.2) is 0 Å². The quantitative estimate of drug-likeness (QED) is 0.440. The molecule has 0 spiro atoms. The van der Waals surface area contributed by atoms with Crippen molar-refractivity contribution in [3.05, 3.63) is 23.8 Å². The highest BCUT2D eigenvalue weighted by Crippen LogP contribution is 2.20. The summed E-state index contributed by atoms with van der Waals surface area (Å²) in [6, 6.07) is 5.74. The van der Waals surface area contributed by atoms with Gasteiger partial charge < -0.3 is 10.5 Å². The van der Waals surface area contributed by atoms with E-state index in [0.717, 1.165) is 29.2 Å². The Morgan fingerprint density at radius 2 is 2.23 bits per heavy atom. The van der Waals surface area contributed by atoms with E-state index >= 15 is 0 Å². The van der Waals surface area contributed by atoms with E-state index in [4.69, 9.17) is 10.5 Å². The molecule has 0 atom stereocenters. The third-order valence-corrected chi connectivity index (χ3v) is 2.31. The van der Waals surface area contributed by atoms with Crippen LogP contribution in [-0.2, 0) is 11.2 Å². The van der Waals surface area contributed by atoms with Gasteiger partial charge in [0.05, 0.1) is 6.61 Å². The Morgan fingerprint density at radius 1 is 1.46 bits per heavy atom. The lowest BCUT2D eigenvalue weighted by Gasteiger charge is -2.08. The van der Waals surface area contributed by atoms with Crippen molar-refractivity contribution >= 4 is 18.3 Å². The van der Waals surface area contributed by atoms with Gasteiger partial charge in [0.2, 0.25) is 0 Å². The van der Waals surface area contributed by atoms with E-state index in [2.05, 4.69) is 12.6 Å². The van der Waals surface area contributed by atoms with Crippen LogP contribution in [0.15, 0.2) is 23.1 Å². The Hall–Kier alpha value is -0.670. The number of anilines is 1. The first-order valence-corrected chi connectivity index (χ1v) is 4.84. The molecular weight excluding hydrogens is 182 g/mol. The van der Waals surface area contributed by atoms with E-state index in [-0.39, 0.29) is 0 Å². The first-order valence-electron chi connectivity index (χ1n) is 4.39. The summed E-state index contributed by atoms with van der Waals surface area (Å²) in [5.41, 5.74) is 7.68. The van der Waals surface area contributed by atoms with Crippen LogP contribution >= 0.6 is 12.6 Å². The van der Waals surface area contributed by atoms with Gasteiger partial charge in [-0.1, -0.05) is 6.07 Å². The minimum absolute atomic E-state index is 0.707. The third-order valence-electron chi connectivity index (χ3n) is 1.89. The summed E-state index contributed by atoms with van der Waals surface area (Å²) in [5.74, 6) is 0. The highest BCUT2D eigenvalue weighted by Gasteiger charge is 2.02. The monoisotopic (exact) mass is 197 g/mol. The predicted molar refractivity (Wildman–Crippen MR) is 58.3 cm³/mol. The summed E-state index contributed by atoms with van der Waals surface area (Å²) in [6.45, 7) is 3.43. The van der Waals surface area contributed by atoms with Gasteiger partial charge >= 0.3 is 0 Å². The van der Waals surface area contributed by atoms with Gasteiger partial charge in [-0.15, -0.1) is 12.6 Å². The molecule has 0 unspecified atom stereocenters. The van der Waals surface area contributed by atoms with Crippen molar-refractivity contribution in [2.75, 3.05) is 18.9 Å². The van der Waals surface area contributed by atoms with Crippen molar-refractivity contribution < 1.29 is 4.74 Å². The second kappa shape index (κ2) is 5.14. The van der Waals surface area contributed by atoms with Crippen LogP contribution < -0.4 is 5.73 Å². The van der Waals surface area contributed by atoms with E-state index in [1.807, 2.05) is 25.1 Å². The third kappa shape index (κ3) is 2.94. The van der Waals surface area contributed by atoms with Crippen molar-refractivity contribution in [3.63, 3.8) is 0 Å². The zero-order valence-corrected chi connectivity index (χ0v) is 8.68. The van der Waals surface area contributed by atoms with Crippen LogP contribution in [0.5, 0.6) is 0 Å². The van der Waals surface area contributed by atoms with Crippen molar-refractivity contribution in [1.82, 2.24) is 0 Å². The zero-order valence-electron chi connectivity index (χ0n) is 7.79. The molecule has 0 aromatic heterocycles. The van der Waals surface area contributed by atoms with E-state index in [0.29, 0.717) is 6.61 Å². The fourth-order valence-corrected chi connectivity index (χ4v) is 1.51. The summed E-state index contributed by atoms with van der Waals surface area (Å²) >= 11 is 4.33. The van der Waals surface area contributed by atoms with Crippen LogP contribution in [0.25, 0.3) is 0 Å². The average Bonchev–Trinajstić information content (AvgIpc) is 2.10. The number of hydrogen-bond acceptors (Lipinski definition) is 3. The van der Waals surface area contributed by atoms with Gasteiger partial charge in [-0.2, -0.15) is 0 Å². The predicted octanol–water partition coefficient (Wildman–Crippen LogP) is 2.14. The first kappa shape index (κ1) is 10.4. The maximum Gasteiger partial charge on any atom is 0.0507 e. The smallest absolute Gasteiger partial charge is 0.0507 e. The number of hydrogen-bond donors (Lipinski definition) is 2. The van der Waals surface area contributed by atoms with Crippen molar-refractivity contribution in [2.45, 2.75) is 18.2 Å². The minimum Gasteiger partial charge on any atom is -0.398 e. The highest BCUT2D eigenvalue weighted by atomic mass is 32.1. The highest BCUT2D eigenvalue weighted by molar-refractivity contribution is 7.80. The van der Waals surface area contributed by atoms with Gasteiger partial charge in [0.25, 0.3) is 0 Å². The molecule has 0 fully saturated rings. The molecule has 0 aliphatic carbocycles. The fourth-order valence-electron chi connectivity index (χ4n) is 1.18. The Kier molecular flexibility index (Phi) is 4.12. The SMILES string of the molecule is CCOCCc1c(N)cccc1S. The van der Waals surface area contributed by atoms with Gasteiger partial charge in [0.1, 0.15) is 0 Å². The van der Waals surface area contributed by atoms with Crippen LogP contribution in [0, 0.1) is 0 Å². The summed E-state index contributed by atoms with van der Waals surface area (Å²) in [7, 11) is 0. The number of thiol groups is 1. The van der Waals surface area contributed by atoms with Gasteiger partial charge in [-0.3, -0.25) is 0 Å². The molecule has 0 saturated carbocycles. The van der Waals surface area contributed by atoms with Crippen molar-refractivity contribution in [2.24, 2.45) is 0 Å². The van der Waals surface area contributed by atoms with Crippen LogP contribution in [0.2, 0.25) is 0 Å². The standard InChI is InChI=1S/C10H15NOS/c1-2-12-7-6-8-9(11)4-3-5-10(8)13/h3-5,13H,2,6-7,11H2,1H3.